The van der Waals surface area contributed by atoms with Gasteiger partial charge in [-0.15, -0.1) is 0 Å². The van der Waals surface area contributed by atoms with Crippen LogP contribution in [0.5, 0.6) is 0 Å². The number of benzene rings is 3. The first-order valence-corrected chi connectivity index (χ1v) is 14.7. The fourth-order valence-corrected chi connectivity index (χ4v) is 5.65. The van der Waals surface area contributed by atoms with Gasteiger partial charge in [0.1, 0.15) is 12.6 Å². The van der Waals surface area contributed by atoms with Crippen LogP contribution in [-0.4, -0.2) is 44.3 Å². The molecule has 0 aliphatic rings. The number of carbonyl (C=O) groups is 2. The molecule has 1 unspecified atom stereocenters. The monoisotopic (exact) mass is 569 g/mol. The van der Waals surface area contributed by atoms with Crippen LogP contribution in [0.4, 0.5) is 5.69 Å². The molecular formula is C30H36ClN3O4S. The van der Waals surface area contributed by atoms with Crippen LogP contribution in [0.1, 0.15) is 37.5 Å². The third-order valence-corrected chi connectivity index (χ3v) is 8.43. The Bertz CT molecular complexity index is 1390. The molecule has 39 heavy (non-hydrogen) atoms. The maximum absolute atomic E-state index is 13.9. The maximum atomic E-state index is 13.9. The number of aryl methyl sites for hydroxylation is 2. The van der Waals surface area contributed by atoms with Crippen molar-refractivity contribution < 1.29 is 18.0 Å². The van der Waals surface area contributed by atoms with Crippen LogP contribution in [0, 0.1) is 19.8 Å². The van der Waals surface area contributed by atoms with Gasteiger partial charge in [-0.1, -0.05) is 85.1 Å². The summed E-state index contributed by atoms with van der Waals surface area (Å²) in [4.78, 5) is 28.4. The molecule has 0 bridgehead atoms. The number of hydrogen-bond acceptors (Lipinski definition) is 4. The molecule has 0 aromatic heterocycles. The number of halogens is 1. The smallest absolute Gasteiger partial charge is 0.264 e. The largest absolute Gasteiger partial charge is 0.354 e. The summed E-state index contributed by atoms with van der Waals surface area (Å²) in [6.07, 6.45) is 0. The Kier molecular flexibility index (Phi) is 10.2. The predicted octanol–water partition coefficient (Wildman–Crippen LogP) is 5.34. The lowest BCUT2D eigenvalue weighted by molar-refractivity contribution is -0.139. The summed E-state index contributed by atoms with van der Waals surface area (Å²) in [5.41, 5.74) is 2.97. The molecule has 9 heteroatoms. The standard InChI is InChI=1S/C30H36ClN3O4S/c1-21(2)18-32-30(36)24(5)33(19-25-14-10-22(3)11-15-25)29(35)20-34(28-9-7-6-8-27(28)31)39(37,38)26-16-12-23(4)13-17-26/h6-17,21,24H,18-20H2,1-5H3,(H,32,36). The van der Waals surface area contributed by atoms with Crippen molar-refractivity contribution in [1.82, 2.24) is 10.2 Å². The van der Waals surface area contributed by atoms with Gasteiger partial charge in [-0.2, -0.15) is 0 Å². The Morgan fingerprint density at radius 1 is 0.872 bits per heavy atom. The zero-order chi connectivity index (χ0) is 28.7. The van der Waals surface area contributed by atoms with Crippen LogP contribution >= 0.6 is 11.6 Å². The summed E-state index contributed by atoms with van der Waals surface area (Å²) in [5, 5.41) is 3.07. The van der Waals surface area contributed by atoms with Gasteiger partial charge in [-0.25, -0.2) is 8.42 Å². The molecule has 3 rings (SSSR count). The van der Waals surface area contributed by atoms with Crippen LogP contribution in [0.2, 0.25) is 5.02 Å². The number of rotatable bonds is 11. The Morgan fingerprint density at radius 2 is 1.44 bits per heavy atom. The zero-order valence-corrected chi connectivity index (χ0v) is 24.6. The molecule has 3 aromatic rings. The van der Waals surface area contributed by atoms with Crippen LogP contribution in [0.15, 0.2) is 77.7 Å². The summed E-state index contributed by atoms with van der Waals surface area (Å²) in [6.45, 7) is 9.50. The van der Waals surface area contributed by atoms with Crippen LogP contribution in [-0.2, 0) is 26.2 Å². The number of anilines is 1. The molecule has 7 nitrogen and oxygen atoms in total. The normalized spacial score (nSPS) is 12.2. The first-order chi connectivity index (χ1) is 18.4. The quantitative estimate of drug-likeness (QED) is 0.338. The summed E-state index contributed by atoms with van der Waals surface area (Å²) in [5.74, 6) is -0.606. The molecular weight excluding hydrogens is 534 g/mol. The molecule has 0 spiro atoms. The molecule has 3 aromatic carbocycles. The van der Waals surface area contributed by atoms with Gasteiger partial charge in [0.25, 0.3) is 10.0 Å². The van der Waals surface area contributed by atoms with E-state index in [0.29, 0.717) is 6.54 Å². The van der Waals surface area contributed by atoms with Gasteiger partial charge in [0.2, 0.25) is 11.8 Å². The fraction of sp³-hybridized carbons (Fsp3) is 0.333. The summed E-state index contributed by atoms with van der Waals surface area (Å²) in [7, 11) is -4.17. The van der Waals surface area contributed by atoms with Gasteiger partial charge in [-0.3, -0.25) is 13.9 Å². The van der Waals surface area contributed by atoms with E-state index in [1.807, 2.05) is 52.0 Å². The van der Waals surface area contributed by atoms with E-state index in [1.165, 1.54) is 17.0 Å². The van der Waals surface area contributed by atoms with E-state index in [0.717, 1.165) is 21.0 Å². The van der Waals surface area contributed by atoms with Crippen LogP contribution in [0.3, 0.4) is 0 Å². The van der Waals surface area contributed by atoms with Crippen molar-refractivity contribution in [3.8, 4) is 0 Å². The van der Waals surface area contributed by atoms with Crippen molar-refractivity contribution in [2.75, 3.05) is 17.4 Å². The maximum Gasteiger partial charge on any atom is 0.264 e. The number of carbonyl (C=O) groups excluding carboxylic acids is 2. The molecule has 0 saturated carbocycles. The second kappa shape index (κ2) is 13.1. The van der Waals surface area contributed by atoms with Gasteiger partial charge in [-0.05, 0) is 56.5 Å². The topological polar surface area (TPSA) is 86.8 Å². The van der Waals surface area contributed by atoms with Gasteiger partial charge < -0.3 is 10.2 Å². The minimum absolute atomic E-state index is 0.0358. The summed E-state index contributed by atoms with van der Waals surface area (Å²) >= 11 is 6.43. The molecule has 208 valence electrons. The Morgan fingerprint density at radius 3 is 2.00 bits per heavy atom. The summed E-state index contributed by atoms with van der Waals surface area (Å²) < 4.78 is 28.7. The average Bonchev–Trinajstić information content (AvgIpc) is 2.90. The summed E-state index contributed by atoms with van der Waals surface area (Å²) in [6, 6.07) is 19.7. The molecule has 1 atom stereocenters. The van der Waals surface area contributed by atoms with E-state index in [1.54, 1.807) is 43.3 Å². The number of para-hydroxylation sites is 1. The van der Waals surface area contributed by atoms with E-state index in [4.69, 9.17) is 11.6 Å². The third-order valence-electron chi connectivity index (χ3n) is 6.33. The number of nitrogens with zero attached hydrogens (tertiary/aromatic N) is 2. The number of nitrogens with one attached hydrogen (secondary N) is 1. The molecule has 1 N–H and O–H groups in total. The SMILES string of the molecule is Cc1ccc(CN(C(=O)CN(c2ccccc2Cl)S(=O)(=O)c2ccc(C)cc2)C(C)C(=O)NCC(C)C)cc1. The highest BCUT2D eigenvalue weighted by Gasteiger charge is 2.33. The Balaban J connectivity index is 2.02. The first kappa shape index (κ1) is 30.2. The van der Waals surface area contributed by atoms with Crippen molar-refractivity contribution in [3.63, 3.8) is 0 Å². The highest BCUT2D eigenvalue weighted by Crippen LogP contribution is 2.31. The number of amides is 2. The van der Waals surface area contributed by atoms with Crippen LogP contribution < -0.4 is 9.62 Å². The van der Waals surface area contributed by atoms with E-state index < -0.39 is 28.5 Å². The highest BCUT2D eigenvalue weighted by molar-refractivity contribution is 7.92. The van der Waals surface area contributed by atoms with Gasteiger partial charge in [0.05, 0.1) is 15.6 Å². The van der Waals surface area contributed by atoms with E-state index in [2.05, 4.69) is 5.32 Å². The van der Waals surface area contributed by atoms with Crippen molar-refractivity contribution in [1.29, 1.82) is 0 Å². The van der Waals surface area contributed by atoms with Crippen molar-refractivity contribution in [3.05, 3.63) is 94.5 Å². The van der Waals surface area contributed by atoms with E-state index in [-0.39, 0.29) is 34.0 Å². The molecule has 0 radical (unpaired) electrons. The Hall–Kier alpha value is -3.36. The Labute approximate surface area is 236 Å². The lowest BCUT2D eigenvalue weighted by Gasteiger charge is -2.32. The average molecular weight is 570 g/mol. The molecule has 2 amide bonds. The highest BCUT2D eigenvalue weighted by atomic mass is 35.5. The van der Waals surface area contributed by atoms with Crippen molar-refractivity contribution in [2.45, 2.75) is 52.1 Å². The minimum Gasteiger partial charge on any atom is -0.354 e. The zero-order valence-electron chi connectivity index (χ0n) is 23.0. The van der Waals surface area contributed by atoms with Crippen molar-refractivity contribution in [2.24, 2.45) is 5.92 Å². The number of sulfonamides is 1. The third kappa shape index (κ3) is 7.83. The fourth-order valence-electron chi connectivity index (χ4n) is 3.93. The van der Waals surface area contributed by atoms with Gasteiger partial charge >= 0.3 is 0 Å². The lowest BCUT2D eigenvalue weighted by Crippen LogP contribution is -2.51. The van der Waals surface area contributed by atoms with E-state index in [9.17, 15) is 18.0 Å². The minimum atomic E-state index is -4.17. The molecule has 0 heterocycles. The number of hydrogen-bond donors (Lipinski definition) is 1. The molecule has 0 aliphatic heterocycles. The second-order valence-electron chi connectivity index (χ2n) is 10.1. The van der Waals surface area contributed by atoms with E-state index >= 15 is 0 Å². The molecule has 0 fully saturated rings. The van der Waals surface area contributed by atoms with Gasteiger partial charge in [0.15, 0.2) is 0 Å². The first-order valence-electron chi connectivity index (χ1n) is 12.9. The molecule has 0 aliphatic carbocycles. The predicted molar refractivity (Wildman–Crippen MR) is 156 cm³/mol. The second-order valence-corrected chi connectivity index (χ2v) is 12.4. The van der Waals surface area contributed by atoms with Crippen LogP contribution in [0.25, 0.3) is 0 Å². The molecule has 0 saturated heterocycles. The lowest BCUT2D eigenvalue weighted by atomic mass is 10.1. The van der Waals surface area contributed by atoms with Gasteiger partial charge in [0, 0.05) is 13.1 Å². The van der Waals surface area contributed by atoms with Crippen molar-refractivity contribution >= 4 is 39.1 Å².